The van der Waals surface area contributed by atoms with Crippen molar-refractivity contribution in [3.8, 4) is 0 Å². The first-order chi connectivity index (χ1) is 12.7. The van der Waals surface area contributed by atoms with Crippen LogP contribution < -0.4 is 10.6 Å². The number of thiophene rings is 2. The lowest BCUT2D eigenvalue weighted by Crippen LogP contribution is -2.13. The molecule has 26 heavy (non-hydrogen) atoms. The van der Waals surface area contributed by atoms with E-state index in [2.05, 4.69) is 10.6 Å². The van der Waals surface area contributed by atoms with Crippen molar-refractivity contribution in [3.63, 3.8) is 0 Å². The minimum absolute atomic E-state index is 0.255. The smallest absolute Gasteiger partial charge is 0.248 e. The summed E-state index contributed by atoms with van der Waals surface area (Å²) in [5, 5.41) is 9.48. The van der Waals surface area contributed by atoms with E-state index in [4.69, 9.17) is 0 Å². The van der Waals surface area contributed by atoms with E-state index in [1.54, 1.807) is 59.1 Å². The van der Waals surface area contributed by atoms with E-state index < -0.39 is 0 Å². The van der Waals surface area contributed by atoms with Gasteiger partial charge >= 0.3 is 0 Å². The molecule has 6 heteroatoms. The summed E-state index contributed by atoms with van der Waals surface area (Å²) in [6.07, 6.45) is 6.46. The van der Waals surface area contributed by atoms with Crippen molar-refractivity contribution in [2.45, 2.75) is 0 Å². The Morgan fingerprint density at radius 1 is 0.692 bits per heavy atom. The number of carbonyl (C=O) groups is 2. The van der Waals surface area contributed by atoms with Crippen molar-refractivity contribution in [2.24, 2.45) is 0 Å². The predicted octanol–water partition coefficient (Wildman–Crippen LogP) is 5.11. The SMILES string of the molecule is O=C(/C=C/c1cccs1)Nc1ccccc1NC(=O)/C=C/c1cccs1. The number of benzene rings is 1. The lowest BCUT2D eigenvalue weighted by molar-refractivity contribution is -0.112. The monoisotopic (exact) mass is 380 g/mol. The largest absolute Gasteiger partial charge is 0.321 e. The van der Waals surface area contributed by atoms with E-state index in [1.165, 1.54) is 12.2 Å². The van der Waals surface area contributed by atoms with Crippen LogP contribution in [-0.2, 0) is 9.59 Å². The molecule has 2 heterocycles. The first-order valence-electron chi connectivity index (χ1n) is 7.85. The minimum atomic E-state index is -0.255. The number of carbonyl (C=O) groups excluding carboxylic acids is 2. The van der Waals surface area contributed by atoms with Gasteiger partial charge in [-0.2, -0.15) is 0 Å². The van der Waals surface area contributed by atoms with Crippen LogP contribution in [0.5, 0.6) is 0 Å². The number of nitrogens with one attached hydrogen (secondary N) is 2. The molecule has 3 aromatic rings. The number of anilines is 2. The van der Waals surface area contributed by atoms with Gasteiger partial charge in [0.2, 0.25) is 11.8 Å². The molecule has 0 radical (unpaired) electrons. The van der Waals surface area contributed by atoms with Crippen molar-refractivity contribution in [2.75, 3.05) is 10.6 Å². The van der Waals surface area contributed by atoms with Gasteiger partial charge in [-0.3, -0.25) is 9.59 Å². The average molecular weight is 380 g/mol. The first-order valence-corrected chi connectivity index (χ1v) is 9.61. The third-order valence-corrected chi connectivity index (χ3v) is 5.00. The Balaban J connectivity index is 1.64. The van der Waals surface area contributed by atoms with E-state index in [0.717, 1.165) is 9.75 Å². The second-order valence-electron chi connectivity index (χ2n) is 5.22. The molecule has 0 spiro atoms. The zero-order valence-corrected chi connectivity index (χ0v) is 15.3. The van der Waals surface area contributed by atoms with Crippen molar-refractivity contribution in [1.82, 2.24) is 0 Å². The molecular formula is C20H16N2O2S2. The fraction of sp³-hybridized carbons (Fsp3) is 0. The van der Waals surface area contributed by atoms with Crippen LogP contribution in [-0.4, -0.2) is 11.8 Å². The molecule has 0 fully saturated rings. The van der Waals surface area contributed by atoms with E-state index in [0.29, 0.717) is 11.4 Å². The number of hydrogen-bond donors (Lipinski definition) is 2. The van der Waals surface area contributed by atoms with Crippen molar-refractivity contribution in [1.29, 1.82) is 0 Å². The quantitative estimate of drug-likeness (QED) is 0.584. The third-order valence-electron chi connectivity index (χ3n) is 3.33. The van der Waals surface area contributed by atoms with Crippen LogP contribution in [0.1, 0.15) is 9.75 Å². The Bertz CT molecular complexity index is 849. The van der Waals surface area contributed by atoms with Crippen LogP contribution in [0.4, 0.5) is 11.4 Å². The number of rotatable bonds is 6. The van der Waals surface area contributed by atoms with E-state index in [-0.39, 0.29) is 11.8 Å². The fourth-order valence-corrected chi connectivity index (χ4v) is 3.37. The lowest BCUT2D eigenvalue weighted by atomic mass is 10.2. The Labute approximate surface area is 159 Å². The van der Waals surface area contributed by atoms with E-state index in [1.807, 2.05) is 35.0 Å². The van der Waals surface area contributed by atoms with Gasteiger partial charge in [0.25, 0.3) is 0 Å². The molecule has 4 nitrogen and oxygen atoms in total. The Kier molecular flexibility index (Phi) is 6.14. The highest BCUT2D eigenvalue weighted by Gasteiger charge is 2.06. The molecule has 0 aliphatic carbocycles. The average Bonchev–Trinajstić information content (AvgIpc) is 3.34. The molecule has 130 valence electrons. The minimum Gasteiger partial charge on any atom is -0.321 e. The van der Waals surface area contributed by atoms with Gasteiger partial charge < -0.3 is 10.6 Å². The van der Waals surface area contributed by atoms with Crippen LogP contribution in [0.2, 0.25) is 0 Å². The molecule has 2 amide bonds. The topological polar surface area (TPSA) is 58.2 Å². The van der Waals surface area contributed by atoms with Crippen molar-refractivity contribution in [3.05, 3.63) is 81.2 Å². The first kappa shape index (κ1) is 17.8. The van der Waals surface area contributed by atoms with Gasteiger partial charge in [-0.25, -0.2) is 0 Å². The van der Waals surface area contributed by atoms with Crippen LogP contribution in [0.3, 0.4) is 0 Å². The second kappa shape index (κ2) is 8.94. The molecular weight excluding hydrogens is 364 g/mol. The Morgan fingerprint density at radius 3 is 1.54 bits per heavy atom. The summed E-state index contributed by atoms with van der Waals surface area (Å²) in [5.41, 5.74) is 1.09. The maximum absolute atomic E-state index is 12.1. The number of amides is 2. The molecule has 0 aliphatic rings. The molecule has 0 unspecified atom stereocenters. The summed E-state index contributed by atoms with van der Waals surface area (Å²) in [5.74, 6) is -0.511. The third kappa shape index (κ3) is 5.27. The standard InChI is InChI=1S/C20H16N2O2S2/c23-19(11-9-15-5-3-13-25-15)21-17-7-1-2-8-18(17)22-20(24)12-10-16-6-4-14-26-16/h1-14H,(H,21,23)(H,22,24)/b11-9+,12-10+. The van der Waals surface area contributed by atoms with E-state index >= 15 is 0 Å². The van der Waals surface area contributed by atoms with Crippen LogP contribution in [0.25, 0.3) is 12.2 Å². The van der Waals surface area contributed by atoms with Gasteiger partial charge in [-0.1, -0.05) is 24.3 Å². The van der Waals surface area contributed by atoms with Crippen LogP contribution in [0.15, 0.2) is 71.4 Å². The summed E-state index contributed by atoms with van der Waals surface area (Å²) < 4.78 is 0. The summed E-state index contributed by atoms with van der Waals surface area (Å²) in [6, 6.07) is 14.8. The summed E-state index contributed by atoms with van der Waals surface area (Å²) in [4.78, 5) is 26.2. The Hall–Kier alpha value is -2.96. The molecule has 2 aromatic heterocycles. The van der Waals surface area contributed by atoms with Gasteiger partial charge in [-0.15, -0.1) is 22.7 Å². The van der Waals surface area contributed by atoms with E-state index in [9.17, 15) is 9.59 Å². The van der Waals surface area contributed by atoms with Gasteiger partial charge in [0, 0.05) is 21.9 Å². The van der Waals surface area contributed by atoms with Gasteiger partial charge in [0.15, 0.2) is 0 Å². The molecule has 3 rings (SSSR count). The molecule has 1 aromatic carbocycles. The normalized spacial score (nSPS) is 11.1. The maximum atomic E-state index is 12.1. The van der Waals surface area contributed by atoms with Gasteiger partial charge in [0.05, 0.1) is 11.4 Å². The summed E-state index contributed by atoms with van der Waals surface area (Å²) in [7, 11) is 0. The number of hydrogen-bond acceptors (Lipinski definition) is 4. The molecule has 0 aliphatic heterocycles. The summed E-state index contributed by atoms with van der Waals surface area (Å²) in [6.45, 7) is 0. The highest BCUT2D eigenvalue weighted by Crippen LogP contribution is 2.21. The molecule has 0 atom stereocenters. The van der Waals surface area contributed by atoms with Crippen LogP contribution >= 0.6 is 22.7 Å². The van der Waals surface area contributed by atoms with Crippen molar-refractivity contribution < 1.29 is 9.59 Å². The maximum Gasteiger partial charge on any atom is 0.248 e. The Morgan fingerprint density at radius 2 is 1.15 bits per heavy atom. The van der Waals surface area contributed by atoms with Crippen molar-refractivity contribution >= 4 is 58.0 Å². The zero-order valence-electron chi connectivity index (χ0n) is 13.7. The zero-order chi connectivity index (χ0) is 18.2. The molecule has 0 saturated heterocycles. The highest BCUT2D eigenvalue weighted by atomic mass is 32.1. The second-order valence-corrected chi connectivity index (χ2v) is 7.18. The summed E-state index contributed by atoms with van der Waals surface area (Å²) >= 11 is 3.11. The number of para-hydroxylation sites is 2. The van der Waals surface area contributed by atoms with Gasteiger partial charge in [0.1, 0.15) is 0 Å². The fourth-order valence-electron chi connectivity index (χ4n) is 2.14. The van der Waals surface area contributed by atoms with Crippen LogP contribution in [0, 0.1) is 0 Å². The highest BCUT2D eigenvalue weighted by molar-refractivity contribution is 7.11. The molecule has 0 saturated carbocycles. The molecule has 2 N–H and O–H groups in total. The molecule has 0 bridgehead atoms. The predicted molar refractivity (Wildman–Crippen MR) is 110 cm³/mol. The van der Waals surface area contributed by atoms with Gasteiger partial charge in [-0.05, 0) is 47.2 Å². The lowest BCUT2D eigenvalue weighted by Gasteiger charge is -2.10.